The molecule has 1 aromatic carbocycles. The molecule has 1 unspecified atom stereocenters. The van der Waals surface area contributed by atoms with Gasteiger partial charge in [-0.25, -0.2) is 0 Å². The highest BCUT2D eigenvalue weighted by Gasteiger charge is 2.23. The molecule has 0 N–H and O–H groups in total. The Hall–Kier alpha value is -1.31. The van der Waals surface area contributed by atoms with Crippen LogP contribution in [0.2, 0.25) is 0 Å². The van der Waals surface area contributed by atoms with Crippen molar-refractivity contribution in [3.8, 4) is 0 Å². The van der Waals surface area contributed by atoms with Gasteiger partial charge in [0.2, 0.25) is 5.91 Å². The summed E-state index contributed by atoms with van der Waals surface area (Å²) in [6.45, 7) is 2.10. The number of nitrogens with zero attached hydrogens (tertiary/aromatic N) is 1. The van der Waals surface area contributed by atoms with Crippen LogP contribution in [0.3, 0.4) is 0 Å². The van der Waals surface area contributed by atoms with Crippen LogP contribution < -0.4 is 0 Å². The number of carbonyl (C=O) groups is 1. The van der Waals surface area contributed by atoms with Crippen molar-refractivity contribution in [3.05, 3.63) is 35.9 Å². The van der Waals surface area contributed by atoms with E-state index in [1.165, 1.54) is 31.2 Å². The molecule has 0 aromatic heterocycles. The highest BCUT2D eigenvalue weighted by Crippen LogP contribution is 2.29. The molecule has 1 aromatic rings. The molecule has 0 radical (unpaired) electrons. The molecule has 1 aliphatic rings. The first-order chi connectivity index (χ1) is 8.68. The second kappa shape index (κ2) is 6.03. The second-order valence-corrected chi connectivity index (χ2v) is 5.45. The molecule has 1 aliphatic carbocycles. The van der Waals surface area contributed by atoms with Crippen LogP contribution in [0.15, 0.2) is 30.3 Å². The maximum absolute atomic E-state index is 12.2. The van der Waals surface area contributed by atoms with E-state index in [4.69, 9.17) is 0 Å². The summed E-state index contributed by atoms with van der Waals surface area (Å²) in [6.07, 6.45) is 5.80. The summed E-state index contributed by atoms with van der Waals surface area (Å²) < 4.78 is 0. The SMILES string of the molecule is CC(c1ccccc1)N(C)C(=O)CC1CCCC1. The minimum absolute atomic E-state index is 0.167. The quantitative estimate of drug-likeness (QED) is 0.790. The van der Waals surface area contributed by atoms with E-state index in [1.807, 2.05) is 30.1 Å². The third-order valence-corrected chi connectivity index (χ3v) is 4.19. The third-order valence-electron chi connectivity index (χ3n) is 4.19. The molecule has 1 saturated carbocycles. The Morgan fingerprint density at radius 1 is 1.28 bits per heavy atom. The monoisotopic (exact) mass is 245 g/mol. The van der Waals surface area contributed by atoms with Gasteiger partial charge in [0.1, 0.15) is 0 Å². The van der Waals surface area contributed by atoms with Crippen LogP contribution >= 0.6 is 0 Å². The van der Waals surface area contributed by atoms with Crippen LogP contribution in [-0.2, 0) is 4.79 Å². The first kappa shape index (κ1) is 13.1. The summed E-state index contributed by atoms with van der Waals surface area (Å²) in [5.74, 6) is 0.918. The molecule has 1 fully saturated rings. The Kier molecular flexibility index (Phi) is 4.40. The van der Waals surface area contributed by atoms with Crippen LogP contribution in [0.1, 0.15) is 50.6 Å². The van der Waals surface area contributed by atoms with Crippen molar-refractivity contribution >= 4 is 5.91 Å². The average molecular weight is 245 g/mol. The molecule has 0 heterocycles. The summed E-state index contributed by atoms with van der Waals surface area (Å²) in [6, 6.07) is 10.4. The maximum Gasteiger partial charge on any atom is 0.223 e. The van der Waals surface area contributed by atoms with Crippen molar-refractivity contribution in [3.63, 3.8) is 0 Å². The lowest BCUT2D eigenvalue weighted by atomic mass is 10.0. The van der Waals surface area contributed by atoms with Gasteiger partial charge in [-0.15, -0.1) is 0 Å². The van der Waals surface area contributed by atoms with E-state index in [-0.39, 0.29) is 6.04 Å². The first-order valence-electron chi connectivity index (χ1n) is 6.99. The number of benzene rings is 1. The Bertz CT molecular complexity index is 381. The van der Waals surface area contributed by atoms with Crippen LogP contribution in [0.4, 0.5) is 0 Å². The zero-order chi connectivity index (χ0) is 13.0. The lowest BCUT2D eigenvalue weighted by Gasteiger charge is -2.26. The average Bonchev–Trinajstić information content (AvgIpc) is 2.91. The van der Waals surface area contributed by atoms with Gasteiger partial charge in [0.05, 0.1) is 6.04 Å². The minimum atomic E-state index is 0.167. The van der Waals surface area contributed by atoms with Crippen LogP contribution in [-0.4, -0.2) is 17.9 Å². The van der Waals surface area contributed by atoms with Gasteiger partial charge < -0.3 is 4.90 Å². The van der Waals surface area contributed by atoms with E-state index < -0.39 is 0 Å². The number of carbonyl (C=O) groups excluding carboxylic acids is 1. The highest BCUT2D eigenvalue weighted by atomic mass is 16.2. The zero-order valence-electron chi connectivity index (χ0n) is 11.4. The fraction of sp³-hybridized carbons (Fsp3) is 0.562. The van der Waals surface area contributed by atoms with E-state index >= 15 is 0 Å². The van der Waals surface area contributed by atoms with E-state index in [2.05, 4.69) is 19.1 Å². The van der Waals surface area contributed by atoms with Crippen LogP contribution in [0.5, 0.6) is 0 Å². The zero-order valence-corrected chi connectivity index (χ0v) is 11.4. The van der Waals surface area contributed by atoms with Gasteiger partial charge in [-0.3, -0.25) is 4.79 Å². The van der Waals surface area contributed by atoms with Gasteiger partial charge in [0.15, 0.2) is 0 Å². The van der Waals surface area contributed by atoms with Gasteiger partial charge in [0, 0.05) is 13.5 Å². The second-order valence-electron chi connectivity index (χ2n) is 5.45. The molecule has 2 rings (SSSR count). The molecular formula is C16H23NO. The maximum atomic E-state index is 12.2. The third kappa shape index (κ3) is 3.12. The molecule has 2 nitrogen and oxygen atoms in total. The van der Waals surface area contributed by atoms with Crippen molar-refractivity contribution in [1.82, 2.24) is 4.90 Å². The van der Waals surface area contributed by atoms with E-state index in [9.17, 15) is 4.79 Å². The molecule has 0 bridgehead atoms. The van der Waals surface area contributed by atoms with E-state index in [0.29, 0.717) is 11.8 Å². The standard InChI is InChI=1S/C16H23NO/c1-13(15-10-4-3-5-11-15)17(2)16(18)12-14-8-6-7-9-14/h3-5,10-11,13-14H,6-9,12H2,1-2H3. The molecule has 0 saturated heterocycles. The van der Waals surface area contributed by atoms with E-state index in [0.717, 1.165) is 6.42 Å². The van der Waals surface area contributed by atoms with Crippen molar-refractivity contribution in [2.45, 2.75) is 45.1 Å². The molecule has 18 heavy (non-hydrogen) atoms. The summed E-state index contributed by atoms with van der Waals surface area (Å²) in [4.78, 5) is 14.1. The Morgan fingerprint density at radius 3 is 2.50 bits per heavy atom. The van der Waals surface area contributed by atoms with Gasteiger partial charge in [-0.2, -0.15) is 0 Å². The summed E-state index contributed by atoms with van der Waals surface area (Å²) in [7, 11) is 1.93. The fourth-order valence-electron chi connectivity index (χ4n) is 2.78. The molecule has 2 heteroatoms. The molecule has 1 atom stereocenters. The molecule has 0 aliphatic heterocycles. The predicted molar refractivity (Wildman–Crippen MR) is 74.2 cm³/mol. The largest absolute Gasteiger partial charge is 0.339 e. The molecule has 0 spiro atoms. The number of hydrogen-bond acceptors (Lipinski definition) is 1. The van der Waals surface area contributed by atoms with Crippen LogP contribution in [0, 0.1) is 5.92 Å². The van der Waals surface area contributed by atoms with Crippen LogP contribution in [0.25, 0.3) is 0 Å². The van der Waals surface area contributed by atoms with Crippen molar-refractivity contribution in [2.24, 2.45) is 5.92 Å². The van der Waals surface area contributed by atoms with E-state index in [1.54, 1.807) is 0 Å². The molecule has 1 amide bonds. The smallest absolute Gasteiger partial charge is 0.223 e. The summed E-state index contributed by atoms with van der Waals surface area (Å²) in [5, 5.41) is 0. The van der Waals surface area contributed by atoms with Crippen molar-refractivity contribution in [1.29, 1.82) is 0 Å². The van der Waals surface area contributed by atoms with Gasteiger partial charge in [0.25, 0.3) is 0 Å². The Morgan fingerprint density at radius 2 is 1.89 bits per heavy atom. The molecule has 98 valence electrons. The van der Waals surface area contributed by atoms with Gasteiger partial charge >= 0.3 is 0 Å². The molecular weight excluding hydrogens is 222 g/mol. The van der Waals surface area contributed by atoms with Crippen molar-refractivity contribution < 1.29 is 4.79 Å². The fourth-order valence-corrected chi connectivity index (χ4v) is 2.78. The number of amides is 1. The first-order valence-corrected chi connectivity index (χ1v) is 6.99. The number of rotatable bonds is 4. The lowest BCUT2D eigenvalue weighted by Crippen LogP contribution is -2.30. The van der Waals surface area contributed by atoms with Gasteiger partial charge in [-0.1, -0.05) is 43.2 Å². The predicted octanol–water partition coefficient (Wildman–Crippen LogP) is 3.79. The topological polar surface area (TPSA) is 20.3 Å². The normalized spacial score (nSPS) is 17.7. The minimum Gasteiger partial charge on any atom is -0.339 e. The Labute approximate surface area is 110 Å². The lowest BCUT2D eigenvalue weighted by molar-refractivity contribution is -0.132. The Balaban J connectivity index is 1.93. The highest BCUT2D eigenvalue weighted by molar-refractivity contribution is 5.76. The summed E-state index contributed by atoms with van der Waals surface area (Å²) >= 11 is 0. The summed E-state index contributed by atoms with van der Waals surface area (Å²) in [5.41, 5.74) is 1.21. The number of hydrogen-bond donors (Lipinski definition) is 0. The van der Waals surface area contributed by atoms with Crippen molar-refractivity contribution in [2.75, 3.05) is 7.05 Å². The van der Waals surface area contributed by atoms with Gasteiger partial charge in [-0.05, 0) is 31.2 Å².